The predicted octanol–water partition coefficient (Wildman–Crippen LogP) is 3.68. The first-order valence-corrected chi connectivity index (χ1v) is 9.94. The van der Waals surface area contributed by atoms with Crippen molar-refractivity contribution in [2.75, 3.05) is 11.1 Å². The zero-order valence-electron chi connectivity index (χ0n) is 15.8. The van der Waals surface area contributed by atoms with Crippen LogP contribution in [0.2, 0.25) is 0 Å². The highest BCUT2D eigenvalue weighted by atomic mass is 32.2. The number of nitrogens with one attached hydrogen (secondary N) is 1. The fourth-order valence-electron chi connectivity index (χ4n) is 2.65. The van der Waals surface area contributed by atoms with Crippen LogP contribution in [0.25, 0.3) is 11.4 Å². The number of anilines is 1. The Morgan fingerprint density at radius 2 is 1.79 bits per heavy atom. The minimum atomic E-state index is -0.142. The summed E-state index contributed by atoms with van der Waals surface area (Å²) in [7, 11) is 0. The molecule has 1 amide bonds. The molecule has 0 fully saturated rings. The van der Waals surface area contributed by atoms with E-state index in [1.54, 1.807) is 36.7 Å². The summed E-state index contributed by atoms with van der Waals surface area (Å²) in [6.45, 7) is 4.36. The summed E-state index contributed by atoms with van der Waals surface area (Å²) in [5.74, 6) is 0.838. The van der Waals surface area contributed by atoms with Gasteiger partial charge in [0.25, 0.3) is 0 Å². The van der Waals surface area contributed by atoms with E-state index >= 15 is 0 Å². The zero-order chi connectivity index (χ0) is 19.9. The summed E-state index contributed by atoms with van der Waals surface area (Å²) < 4.78 is 2.02. The molecule has 144 valence electrons. The molecule has 0 saturated carbocycles. The van der Waals surface area contributed by atoms with Crippen LogP contribution in [-0.2, 0) is 11.3 Å². The van der Waals surface area contributed by atoms with Crippen molar-refractivity contribution in [2.45, 2.75) is 32.0 Å². The van der Waals surface area contributed by atoms with E-state index in [4.69, 9.17) is 0 Å². The number of pyridine rings is 1. The van der Waals surface area contributed by atoms with Gasteiger partial charge in [-0.15, -0.1) is 10.2 Å². The molecule has 0 saturated heterocycles. The number of amides is 1. The number of benzene rings is 1. The molecule has 0 atom stereocenters. The van der Waals surface area contributed by atoms with E-state index in [1.807, 2.05) is 16.7 Å². The van der Waals surface area contributed by atoms with E-state index in [0.29, 0.717) is 16.4 Å². The Bertz CT molecular complexity index is 954. The molecule has 3 rings (SSSR count). The van der Waals surface area contributed by atoms with Crippen LogP contribution in [0.1, 0.15) is 30.6 Å². The summed E-state index contributed by atoms with van der Waals surface area (Å²) in [5.41, 5.74) is 2.21. The summed E-state index contributed by atoms with van der Waals surface area (Å²) in [5, 5.41) is 12.1. The standard InChI is InChI=1S/C20H21N5O2S/c1-3-12-25-19(16-8-10-21-11-9-16)23-24-20(25)28-13-18(27)22-17-6-4-15(5-7-17)14(2)26/h4-11H,3,12-13H2,1-2H3,(H,22,27). The number of hydrogen-bond donors (Lipinski definition) is 1. The fraction of sp³-hybridized carbons (Fsp3) is 0.250. The van der Waals surface area contributed by atoms with Crippen molar-refractivity contribution < 1.29 is 9.59 Å². The van der Waals surface area contributed by atoms with Crippen molar-refractivity contribution in [2.24, 2.45) is 0 Å². The number of Topliss-reactive ketones (excluding diaryl/α,β-unsaturated/α-hetero) is 1. The second-order valence-electron chi connectivity index (χ2n) is 6.16. The molecule has 2 heterocycles. The lowest BCUT2D eigenvalue weighted by atomic mass is 10.1. The zero-order valence-corrected chi connectivity index (χ0v) is 16.6. The van der Waals surface area contributed by atoms with Gasteiger partial charge in [0.05, 0.1) is 5.75 Å². The van der Waals surface area contributed by atoms with Crippen LogP contribution >= 0.6 is 11.8 Å². The molecule has 0 bridgehead atoms. The van der Waals surface area contributed by atoms with Gasteiger partial charge in [0.15, 0.2) is 16.8 Å². The van der Waals surface area contributed by atoms with Crippen molar-refractivity contribution >= 4 is 29.1 Å². The number of rotatable bonds is 8. The van der Waals surface area contributed by atoms with Crippen molar-refractivity contribution in [1.82, 2.24) is 19.7 Å². The maximum Gasteiger partial charge on any atom is 0.234 e. The largest absolute Gasteiger partial charge is 0.325 e. The van der Waals surface area contributed by atoms with Crippen LogP contribution in [0, 0.1) is 0 Å². The molecule has 0 aliphatic carbocycles. The molecule has 0 spiro atoms. The Morgan fingerprint density at radius 1 is 1.07 bits per heavy atom. The Labute approximate surface area is 167 Å². The van der Waals surface area contributed by atoms with E-state index in [1.165, 1.54) is 18.7 Å². The molecule has 8 heteroatoms. The number of aromatic nitrogens is 4. The van der Waals surface area contributed by atoms with Gasteiger partial charge in [-0.2, -0.15) is 0 Å². The normalized spacial score (nSPS) is 10.6. The minimum absolute atomic E-state index is 0.00584. The van der Waals surface area contributed by atoms with Gasteiger partial charge in [0.1, 0.15) is 0 Å². The molecule has 0 aliphatic heterocycles. The molecular formula is C20H21N5O2S. The number of hydrogen-bond acceptors (Lipinski definition) is 6. The molecule has 0 aliphatic rings. The minimum Gasteiger partial charge on any atom is -0.325 e. The van der Waals surface area contributed by atoms with E-state index in [0.717, 1.165) is 24.4 Å². The first-order chi connectivity index (χ1) is 13.6. The molecule has 7 nitrogen and oxygen atoms in total. The van der Waals surface area contributed by atoms with Crippen molar-refractivity contribution in [3.05, 3.63) is 54.4 Å². The summed E-state index contributed by atoms with van der Waals surface area (Å²) in [6.07, 6.45) is 4.37. The highest BCUT2D eigenvalue weighted by Crippen LogP contribution is 2.24. The molecule has 1 aromatic carbocycles. The lowest BCUT2D eigenvalue weighted by molar-refractivity contribution is -0.113. The fourth-order valence-corrected chi connectivity index (χ4v) is 3.42. The van der Waals surface area contributed by atoms with E-state index < -0.39 is 0 Å². The van der Waals surface area contributed by atoms with Gasteiger partial charge in [-0.1, -0.05) is 18.7 Å². The third-order valence-corrected chi connectivity index (χ3v) is 4.98. The number of carbonyl (C=O) groups excluding carboxylic acids is 2. The highest BCUT2D eigenvalue weighted by molar-refractivity contribution is 7.99. The third-order valence-electron chi connectivity index (χ3n) is 4.01. The second kappa shape index (κ2) is 9.27. The average Bonchev–Trinajstić information content (AvgIpc) is 3.10. The van der Waals surface area contributed by atoms with E-state index in [2.05, 4.69) is 27.4 Å². The smallest absolute Gasteiger partial charge is 0.234 e. The summed E-state index contributed by atoms with van der Waals surface area (Å²) >= 11 is 1.35. The quantitative estimate of drug-likeness (QED) is 0.462. The Hall–Kier alpha value is -3.00. The van der Waals surface area contributed by atoms with Gasteiger partial charge in [0, 0.05) is 35.8 Å². The molecular weight excluding hydrogens is 374 g/mol. The topological polar surface area (TPSA) is 89.8 Å². The van der Waals surface area contributed by atoms with Crippen molar-refractivity contribution in [1.29, 1.82) is 0 Å². The van der Waals surface area contributed by atoms with Gasteiger partial charge in [-0.25, -0.2) is 0 Å². The van der Waals surface area contributed by atoms with Crippen LogP contribution in [-0.4, -0.2) is 37.2 Å². The van der Waals surface area contributed by atoms with E-state index in [-0.39, 0.29) is 17.4 Å². The first-order valence-electron chi connectivity index (χ1n) is 8.95. The molecule has 28 heavy (non-hydrogen) atoms. The number of nitrogens with zero attached hydrogens (tertiary/aromatic N) is 4. The first kappa shape index (κ1) is 19.8. The van der Waals surface area contributed by atoms with Gasteiger partial charge >= 0.3 is 0 Å². The maximum atomic E-state index is 12.3. The monoisotopic (exact) mass is 395 g/mol. The summed E-state index contributed by atoms with van der Waals surface area (Å²) in [6, 6.07) is 10.6. The number of thioether (sulfide) groups is 1. The lowest BCUT2D eigenvalue weighted by Crippen LogP contribution is -2.14. The average molecular weight is 395 g/mol. The van der Waals surface area contributed by atoms with Gasteiger partial charge in [-0.05, 0) is 49.7 Å². The Morgan fingerprint density at radius 3 is 2.43 bits per heavy atom. The number of ketones is 1. The molecule has 1 N–H and O–H groups in total. The predicted molar refractivity (Wildman–Crippen MR) is 109 cm³/mol. The molecule has 2 aromatic heterocycles. The van der Waals surface area contributed by atoms with Crippen LogP contribution in [0.15, 0.2) is 53.9 Å². The van der Waals surface area contributed by atoms with Crippen LogP contribution in [0.4, 0.5) is 5.69 Å². The van der Waals surface area contributed by atoms with Gasteiger partial charge in [-0.3, -0.25) is 14.6 Å². The number of carbonyl (C=O) groups is 2. The maximum absolute atomic E-state index is 12.3. The van der Waals surface area contributed by atoms with Gasteiger partial charge in [0.2, 0.25) is 5.91 Å². The van der Waals surface area contributed by atoms with E-state index in [9.17, 15) is 9.59 Å². The van der Waals surface area contributed by atoms with Crippen molar-refractivity contribution in [3.8, 4) is 11.4 Å². The lowest BCUT2D eigenvalue weighted by Gasteiger charge is -2.09. The van der Waals surface area contributed by atoms with Gasteiger partial charge < -0.3 is 9.88 Å². The molecule has 0 unspecified atom stereocenters. The Kier molecular flexibility index (Phi) is 6.54. The van der Waals surface area contributed by atoms with Crippen LogP contribution in [0.3, 0.4) is 0 Å². The molecule has 3 aromatic rings. The SMILES string of the molecule is CCCn1c(SCC(=O)Nc2ccc(C(C)=O)cc2)nnc1-c1ccncc1. The Balaban J connectivity index is 1.66. The third kappa shape index (κ3) is 4.83. The second-order valence-corrected chi connectivity index (χ2v) is 7.11. The van der Waals surface area contributed by atoms with Crippen LogP contribution in [0.5, 0.6) is 0 Å². The van der Waals surface area contributed by atoms with Crippen LogP contribution < -0.4 is 5.32 Å². The summed E-state index contributed by atoms with van der Waals surface area (Å²) in [4.78, 5) is 27.6. The molecule has 0 radical (unpaired) electrons. The highest BCUT2D eigenvalue weighted by Gasteiger charge is 2.15. The van der Waals surface area contributed by atoms with Crippen molar-refractivity contribution in [3.63, 3.8) is 0 Å².